The van der Waals surface area contributed by atoms with E-state index in [4.69, 9.17) is 4.74 Å². The predicted octanol–water partition coefficient (Wildman–Crippen LogP) is 2.13. The molecule has 2 N–H and O–H groups in total. The zero-order chi connectivity index (χ0) is 23.0. The van der Waals surface area contributed by atoms with Crippen LogP contribution in [0.3, 0.4) is 0 Å². The van der Waals surface area contributed by atoms with Gasteiger partial charge in [-0.3, -0.25) is 20.4 Å². The van der Waals surface area contributed by atoms with Gasteiger partial charge in [-0.15, -0.1) is 0 Å². The molecule has 0 spiro atoms. The number of nitrogens with one attached hydrogen (secondary N) is 2. The molecule has 7 nitrogen and oxygen atoms in total. The summed E-state index contributed by atoms with van der Waals surface area (Å²) in [5, 5.41) is 0. The number of carbonyl (C=O) groups is 2. The molecule has 1 heterocycles. The number of hydrogen-bond donors (Lipinski definition) is 2. The molecule has 30 heavy (non-hydrogen) atoms. The summed E-state index contributed by atoms with van der Waals surface area (Å²) in [6, 6.07) is 3.07. The van der Waals surface area contributed by atoms with Crippen LogP contribution in [0, 0.1) is 0 Å². The molecule has 2 unspecified atom stereocenters. The van der Waals surface area contributed by atoms with Crippen molar-refractivity contribution in [2.45, 2.75) is 47.9 Å². The Hall–Kier alpha value is -2.35. The number of halogens is 6. The number of amides is 2. The number of hydrazine groups is 1. The van der Waals surface area contributed by atoms with Crippen molar-refractivity contribution in [1.82, 2.24) is 10.9 Å². The SMILES string of the molecule is CC1(S(=O)(=O)c2cccc(C(F)(F)F)c2)CCOC(C(=O)NNC(=O)C(F)(F)F)C1. The van der Waals surface area contributed by atoms with Gasteiger partial charge in [0.1, 0.15) is 6.10 Å². The zero-order valence-electron chi connectivity index (χ0n) is 15.2. The molecular formula is C16H16F6N2O5S. The average molecular weight is 462 g/mol. The summed E-state index contributed by atoms with van der Waals surface area (Å²) in [6.45, 7) is 0.889. The smallest absolute Gasteiger partial charge is 0.368 e. The molecule has 14 heteroatoms. The fourth-order valence-electron chi connectivity index (χ4n) is 2.78. The maximum atomic E-state index is 13.0. The van der Waals surface area contributed by atoms with Crippen LogP contribution in [0.5, 0.6) is 0 Å². The van der Waals surface area contributed by atoms with Crippen molar-refractivity contribution in [2.75, 3.05) is 6.61 Å². The number of carbonyl (C=O) groups excluding carboxylic acids is 2. The first-order chi connectivity index (χ1) is 13.6. The molecule has 0 aromatic heterocycles. The summed E-state index contributed by atoms with van der Waals surface area (Å²) in [7, 11) is -4.39. The van der Waals surface area contributed by atoms with Crippen LogP contribution in [0.2, 0.25) is 0 Å². The number of rotatable bonds is 3. The molecule has 168 valence electrons. The first-order valence-electron chi connectivity index (χ1n) is 8.28. The van der Waals surface area contributed by atoms with Crippen LogP contribution in [0.25, 0.3) is 0 Å². The summed E-state index contributed by atoms with van der Waals surface area (Å²) in [5.74, 6) is -3.69. The van der Waals surface area contributed by atoms with E-state index in [9.17, 15) is 44.3 Å². The van der Waals surface area contributed by atoms with Crippen LogP contribution in [0.4, 0.5) is 26.3 Å². The van der Waals surface area contributed by atoms with E-state index >= 15 is 0 Å². The van der Waals surface area contributed by atoms with E-state index in [1.54, 1.807) is 0 Å². The van der Waals surface area contributed by atoms with E-state index in [1.165, 1.54) is 12.3 Å². The highest BCUT2D eigenvalue weighted by atomic mass is 32.2. The second-order valence-electron chi connectivity index (χ2n) is 6.73. The predicted molar refractivity (Wildman–Crippen MR) is 88.3 cm³/mol. The molecule has 1 fully saturated rings. The second kappa shape index (κ2) is 8.06. The lowest BCUT2D eigenvalue weighted by molar-refractivity contribution is -0.175. The minimum Gasteiger partial charge on any atom is -0.368 e. The Morgan fingerprint density at radius 3 is 2.33 bits per heavy atom. The topological polar surface area (TPSA) is 102 Å². The summed E-state index contributed by atoms with van der Waals surface area (Å²) >= 11 is 0. The standard InChI is InChI=1S/C16H16F6N2O5S/c1-14(30(27,28)10-4-2-3-9(7-10)15(17,18)19)5-6-29-11(8-14)12(25)23-24-13(26)16(20,21)22/h2-4,7,11H,5-6,8H2,1H3,(H,23,25)(H,24,26). The third-order valence-electron chi connectivity index (χ3n) is 4.54. The van der Waals surface area contributed by atoms with Crippen molar-refractivity contribution < 1.29 is 49.1 Å². The van der Waals surface area contributed by atoms with Gasteiger partial charge in [-0.05, 0) is 31.5 Å². The Labute approximate surface area is 166 Å². The van der Waals surface area contributed by atoms with Gasteiger partial charge in [0.25, 0.3) is 5.91 Å². The Kier molecular flexibility index (Phi) is 6.43. The second-order valence-corrected chi connectivity index (χ2v) is 9.20. The van der Waals surface area contributed by atoms with Gasteiger partial charge >= 0.3 is 18.3 Å². The van der Waals surface area contributed by atoms with E-state index < -0.39 is 61.7 Å². The highest BCUT2D eigenvalue weighted by Gasteiger charge is 2.47. The quantitative estimate of drug-likeness (QED) is 0.530. The molecule has 1 saturated heterocycles. The number of sulfone groups is 1. The van der Waals surface area contributed by atoms with Crippen LogP contribution in [-0.4, -0.2) is 43.9 Å². The van der Waals surface area contributed by atoms with Gasteiger partial charge in [-0.25, -0.2) is 8.42 Å². The lowest BCUT2D eigenvalue weighted by atomic mass is 9.96. The Morgan fingerprint density at radius 1 is 1.13 bits per heavy atom. The van der Waals surface area contributed by atoms with E-state index in [-0.39, 0.29) is 13.0 Å². The van der Waals surface area contributed by atoms with Crippen molar-refractivity contribution >= 4 is 21.7 Å². The molecule has 1 aromatic rings. The number of alkyl halides is 6. The fourth-order valence-corrected chi connectivity index (χ4v) is 4.61. The molecule has 0 bridgehead atoms. The van der Waals surface area contributed by atoms with Crippen LogP contribution < -0.4 is 10.9 Å². The first-order valence-corrected chi connectivity index (χ1v) is 9.77. The molecule has 1 aromatic carbocycles. The Morgan fingerprint density at radius 2 is 1.77 bits per heavy atom. The number of benzene rings is 1. The van der Waals surface area contributed by atoms with Gasteiger partial charge in [0.15, 0.2) is 9.84 Å². The van der Waals surface area contributed by atoms with Crippen molar-refractivity contribution in [1.29, 1.82) is 0 Å². The number of hydrogen-bond acceptors (Lipinski definition) is 5. The monoisotopic (exact) mass is 462 g/mol. The van der Waals surface area contributed by atoms with E-state index in [2.05, 4.69) is 0 Å². The zero-order valence-corrected chi connectivity index (χ0v) is 16.0. The molecular weight excluding hydrogens is 446 g/mol. The van der Waals surface area contributed by atoms with Gasteiger partial charge < -0.3 is 4.74 Å². The summed E-state index contributed by atoms with van der Waals surface area (Å²) in [6.07, 6.45) is -12.3. The van der Waals surface area contributed by atoms with Crippen LogP contribution in [0.1, 0.15) is 25.3 Å². The highest BCUT2D eigenvalue weighted by Crippen LogP contribution is 2.38. The highest BCUT2D eigenvalue weighted by molar-refractivity contribution is 7.92. The van der Waals surface area contributed by atoms with Crippen molar-refractivity contribution in [3.63, 3.8) is 0 Å². The van der Waals surface area contributed by atoms with Gasteiger partial charge in [0.05, 0.1) is 15.2 Å². The summed E-state index contributed by atoms with van der Waals surface area (Å²) in [5.41, 5.74) is 1.44. The fraction of sp³-hybridized carbons (Fsp3) is 0.500. The largest absolute Gasteiger partial charge is 0.472 e. The third kappa shape index (κ3) is 5.03. The molecule has 1 aliphatic rings. The molecule has 0 saturated carbocycles. The molecule has 1 aliphatic heterocycles. The molecule has 0 radical (unpaired) electrons. The normalized spacial score (nSPS) is 23.0. The van der Waals surface area contributed by atoms with Gasteiger partial charge in [0, 0.05) is 13.0 Å². The van der Waals surface area contributed by atoms with Crippen molar-refractivity contribution in [2.24, 2.45) is 0 Å². The minimum absolute atomic E-state index is 0.176. The van der Waals surface area contributed by atoms with Crippen molar-refractivity contribution in [3.8, 4) is 0 Å². The van der Waals surface area contributed by atoms with Gasteiger partial charge in [0.2, 0.25) is 0 Å². The maximum Gasteiger partial charge on any atom is 0.472 e. The van der Waals surface area contributed by atoms with Crippen LogP contribution in [0.15, 0.2) is 29.2 Å². The molecule has 2 amide bonds. The van der Waals surface area contributed by atoms with Gasteiger partial charge in [-0.2, -0.15) is 26.3 Å². The van der Waals surface area contributed by atoms with Crippen LogP contribution >= 0.6 is 0 Å². The Balaban J connectivity index is 2.21. The minimum atomic E-state index is -5.26. The van der Waals surface area contributed by atoms with E-state index in [1.807, 2.05) is 0 Å². The van der Waals surface area contributed by atoms with E-state index in [0.29, 0.717) is 12.1 Å². The lowest BCUT2D eigenvalue weighted by Crippen LogP contribution is -2.55. The molecule has 2 rings (SSSR count). The Bertz CT molecular complexity index is 931. The lowest BCUT2D eigenvalue weighted by Gasteiger charge is -2.37. The van der Waals surface area contributed by atoms with E-state index in [0.717, 1.165) is 17.6 Å². The number of ether oxygens (including phenoxy) is 1. The molecule has 2 atom stereocenters. The average Bonchev–Trinajstić information content (AvgIpc) is 2.64. The third-order valence-corrected chi connectivity index (χ3v) is 7.08. The molecule has 0 aliphatic carbocycles. The van der Waals surface area contributed by atoms with Gasteiger partial charge in [-0.1, -0.05) is 6.07 Å². The first kappa shape index (κ1) is 23.9. The summed E-state index contributed by atoms with van der Waals surface area (Å²) < 4.78 is 105. The van der Waals surface area contributed by atoms with Crippen LogP contribution in [-0.2, 0) is 30.3 Å². The van der Waals surface area contributed by atoms with Crippen molar-refractivity contribution in [3.05, 3.63) is 29.8 Å². The maximum absolute atomic E-state index is 13.0. The summed E-state index contributed by atoms with van der Waals surface area (Å²) in [4.78, 5) is 22.1.